The Morgan fingerprint density at radius 3 is 2.60 bits per heavy atom. The molecule has 0 saturated heterocycles. The van der Waals surface area contributed by atoms with Crippen molar-refractivity contribution in [2.75, 3.05) is 0 Å². The van der Waals surface area contributed by atoms with Crippen LogP contribution in [0.1, 0.15) is 15.9 Å². The zero-order valence-corrected chi connectivity index (χ0v) is 11.6. The number of carbonyl (C=O) groups is 1. The molecule has 1 N–H and O–H groups in total. The third kappa shape index (κ3) is 3.40. The number of carboxylic acid groups (broad SMARTS) is 1. The Balaban J connectivity index is 2.13. The van der Waals surface area contributed by atoms with E-state index in [1.165, 1.54) is 6.07 Å². The molecule has 0 spiro atoms. The first-order valence-corrected chi connectivity index (χ1v) is 6.32. The number of hydrogen-bond donors (Lipinski definition) is 1. The average Bonchev–Trinajstić information content (AvgIpc) is 2.39. The summed E-state index contributed by atoms with van der Waals surface area (Å²) >= 11 is 11.8. The molecular formula is C14H9Cl2FO3. The lowest BCUT2D eigenvalue weighted by Gasteiger charge is -2.09. The Morgan fingerprint density at radius 1 is 1.20 bits per heavy atom. The molecule has 2 aromatic rings. The zero-order valence-electron chi connectivity index (χ0n) is 10.1. The second-order valence-corrected chi connectivity index (χ2v) is 4.81. The van der Waals surface area contributed by atoms with Crippen LogP contribution in [0.2, 0.25) is 10.0 Å². The number of benzene rings is 2. The topological polar surface area (TPSA) is 46.5 Å². The Bertz CT molecular complexity index is 659. The minimum absolute atomic E-state index is 0.102. The normalized spacial score (nSPS) is 10.3. The first kappa shape index (κ1) is 14.6. The molecule has 0 aliphatic carbocycles. The van der Waals surface area contributed by atoms with Crippen molar-refractivity contribution >= 4 is 29.2 Å². The third-order valence-corrected chi connectivity index (χ3v) is 3.18. The van der Waals surface area contributed by atoms with E-state index in [0.29, 0.717) is 15.6 Å². The van der Waals surface area contributed by atoms with E-state index < -0.39 is 17.3 Å². The first-order valence-electron chi connectivity index (χ1n) is 5.57. The van der Waals surface area contributed by atoms with Crippen LogP contribution in [0.25, 0.3) is 0 Å². The Kier molecular flexibility index (Phi) is 4.47. The molecule has 2 aromatic carbocycles. The summed E-state index contributed by atoms with van der Waals surface area (Å²) < 4.78 is 18.8. The van der Waals surface area contributed by atoms with E-state index in [1.54, 1.807) is 18.2 Å². The monoisotopic (exact) mass is 314 g/mol. The third-order valence-electron chi connectivity index (χ3n) is 2.57. The van der Waals surface area contributed by atoms with Gasteiger partial charge in [-0.3, -0.25) is 0 Å². The van der Waals surface area contributed by atoms with Crippen molar-refractivity contribution in [3.63, 3.8) is 0 Å². The highest BCUT2D eigenvalue weighted by Gasteiger charge is 2.11. The van der Waals surface area contributed by atoms with Gasteiger partial charge in [0.2, 0.25) is 0 Å². The molecule has 0 atom stereocenters. The van der Waals surface area contributed by atoms with Crippen molar-refractivity contribution in [1.29, 1.82) is 0 Å². The van der Waals surface area contributed by atoms with Gasteiger partial charge in [-0.05, 0) is 30.3 Å². The van der Waals surface area contributed by atoms with Gasteiger partial charge in [-0.15, -0.1) is 0 Å². The van der Waals surface area contributed by atoms with Crippen LogP contribution in [-0.2, 0) is 6.61 Å². The number of carboxylic acids is 1. The molecule has 3 nitrogen and oxygen atoms in total. The SMILES string of the molecule is O=C(O)c1ccc(OCc2cc(Cl)ccc2Cl)cc1F. The largest absolute Gasteiger partial charge is 0.489 e. The molecule has 0 amide bonds. The lowest BCUT2D eigenvalue weighted by molar-refractivity contribution is 0.0692. The van der Waals surface area contributed by atoms with E-state index in [0.717, 1.165) is 12.1 Å². The summed E-state index contributed by atoms with van der Waals surface area (Å²) in [5.41, 5.74) is 0.250. The summed E-state index contributed by atoms with van der Waals surface area (Å²) in [6.45, 7) is 0.102. The van der Waals surface area contributed by atoms with E-state index in [9.17, 15) is 9.18 Å². The van der Waals surface area contributed by atoms with Crippen molar-refractivity contribution in [2.45, 2.75) is 6.61 Å². The second-order valence-electron chi connectivity index (χ2n) is 3.97. The molecule has 0 unspecified atom stereocenters. The summed E-state index contributed by atoms with van der Waals surface area (Å²) in [7, 11) is 0. The predicted octanol–water partition coefficient (Wildman–Crippen LogP) is 4.41. The van der Waals surface area contributed by atoms with Crippen molar-refractivity contribution < 1.29 is 19.0 Å². The van der Waals surface area contributed by atoms with Crippen LogP contribution in [0.4, 0.5) is 4.39 Å². The first-order chi connectivity index (χ1) is 9.47. The van der Waals surface area contributed by atoms with Gasteiger partial charge in [-0.1, -0.05) is 23.2 Å². The van der Waals surface area contributed by atoms with E-state index in [4.69, 9.17) is 33.0 Å². The van der Waals surface area contributed by atoms with Crippen molar-refractivity contribution in [3.05, 3.63) is 63.4 Å². The maximum atomic E-state index is 13.5. The molecule has 20 heavy (non-hydrogen) atoms. The molecule has 0 aliphatic rings. The maximum Gasteiger partial charge on any atom is 0.338 e. The highest BCUT2D eigenvalue weighted by Crippen LogP contribution is 2.23. The van der Waals surface area contributed by atoms with Crippen molar-refractivity contribution in [3.8, 4) is 5.75 Å². The van der Waals surface area contributed by atoms with Crippen molar-refractivity contribution in [1.82, 2.24) is 0 Å². The van der Waals surface area contributed by atoms with Gasteiger partial charge in [0.25, 0.3) is 0 Å². The van der Waals surface area contributed by atoms with E-state index in [-0.39, 0.29) is 12.4 Å². The van der Waals surface area contributed by atoms with Crippen LogP contribution in [0.5, 0.6) is 5.75 Å². The molecule has 0 radical (unpaired) electrons. The zero-order chi connectivity index (χ0) is 14.7. The van der Waals surface area contributed by atoms with Gasteiger partial charge in [0.15, 0.2) is 0 Å². The Hall–Kier alpha value is -1.78. The van der Waals surface area contributed by atoms with Crippen LogP contribution in [0, 0.1) is 5.82 Å². The molecule has 2 rings (SSSR count). The molecule has 0 bridgehead atoms. The second kappa shape index (κ2) is 6.11. The van der Waals surface area contributed by atoms with Gasteiger partial charge < -0.3 is 9.84 Å². The van der Waals surface area contributed by atoms with Crippen LogP contribution in [0.15, 0.2) is 36.4 Å². The lowest BCUT2D eigenvalue weighted by Crippen LogP contribution is -2.02. The molecule has 0 heterocycles. The standard InChI is InChI=1S/C14H9Cl2FO3/c15-9-1-4-12(16)8(5-9)7-20-10-2-3-11(14(18)19)13(17)6-10/h1-6H,7H2,(H,18,19). The molecule has 0 saturated carbocycles. The van der Waals surface area contributed by atoms with Gasteiger partial charge >= 0.3 is 5.97 Å². The number of hydrogen-bond acceptors (Lipinski definition) is 2. The summed E-state index contributed by atoms with van der Waals surface area (Å²) in [6.07, 6.45) is 0. The number of halogens is 3. The highest BCUT2D eigenvalue weighted by molar-refractivity contribution is 6.33. The smallest absolute Gasteiger partial charge is 0.338 e. The fourth-order valence-electron chi connectivity index (χ4n) is 1.57. The van der Waals surface area contributed by atoms with Crippen LogP contribution < -0.4 is 4.74 Å². The van der Waals surface area contributed by atoms with E-state index in [1.807, 2.05) is 0 Å². The Morgan fingerprint density at radius 2 is 1.95 bits per heavy atom. The molecular weight excluding hydrogens is 306 g/mol. The fourth-order valence-corrected chi connectivity index (χ4v) is 1.94. The quantitative estimate of drug-likeness (QED) is 0.909. The minimum atomic E-state index is -1.33. The van der Waals surface area contributed by atoms with E-state index in [2.05, 4.69) is 0 Å². The molecule has 0 fully saturated rings. The molecule has 0 aliphatic heterocycles. The number of aromatic carboxylic acids is 1. The minimum Gasteiger partial charge on any atom is -0.489 e. The summed E-state index contributed by atoms with van der Waals surface area (Å²) in [6, 6.07) is 8.47. The van der Waals surface area contributed by atoms with Crippen LogP contribution in [0.3, 0.4) is 0 Å². The average molecular weight is 315 g/mol. The number of ether oxygens (including phenoxy) is 1. The van der Waals surface area contributed by atoms with Gasteiger partial charge in [0.05, 0.1) is 5.56 Å². The summed E-state index contributed by atoms with van der Waals surface area (Å²) in [5, 5.41) is 9.72. The summed E-state index contributed by atoms with van der Waals surface area (Å²) in [4.78, 5) is 10.7. The number of rotatable bonds is 4. The van der Waals surface area contributed by atoms with Gasteiger partial charge in [0, 0.05) is 21.7 Å². The molecule has 0 aromatic heterocycles. The van der Waals surface area contributed by atoms with E-state index >= 15 is 0 Å². The maximum absolute atomic E-state index is 13.5. The molecule has 6 heteroatoms. The fraction of sp³-hybridized carbons (Fsp3) is 0.0714. The van der Waals surface area contributed by atoms with Crippen LogP contribution >= 0.6 is 23.2 Å². The predicted molar refractivity (Wildman–Crippen MR) is 74.2 cm³/mol. The molecule has 104 valence electrons. The van der Waals surface area contributed by atoms with Gasteiger partial charge in [-0.25, -0.2) is 9.18 Å². The Labute approximate surface area is 124 Å². The van der Waals surface area contributed by atoms with Gasteiger partial charge in [-0.2, -0.15) is 0 Å². The van der Waals surface area contributed by atoms with Crippen molar-refractivity contribution in [2.24, 2.45) is 0 Å². The summed E-state index contributed by atoms with van der Waals surface area (Å²) in [5.74, 6) is -1.97. The van der Waals surface area contributed by atoms with Crippen LogP contribution in [-0.4, -0.2) is 11.1 Å². The lowest BCUT2D eigenvalue weighted by atomic mass is 10.2. The van der Waals surface area contributed by atoms with Gasteiger partial charge in [0.1, 0.15) is 18.2 Å². The highest BCUT2D eigenvalue weighted by atomic mass is 35.5.